The van der Waals surface area contributed by atoms with Crippen LogP contribution in [0, 0.1) is 0 Å². The van der Waals surface area contributed by atoms with Crippen LogP contribution in [0.15, 0.2) is 218 Å². The third kappa shape index (κ3) is 4.97. The van der Waals surface area contributed by atoms with E-state index in [1.807, 2.05) is 18.2 Å². The summed E-state index contributed by atoms with van der Waals surface area (Å²) < 4.78 is 0. The van der Waals surface area contributed by atoms with Crippen LogP contribution in [0.4, 0.5) is 0 Å². The number of fused-ring (bicyclic) bond motifs is 14. The molecule has 282 valence electrons. The van der Waals surface area contributed by atoms with E-state index in [4.69, 9.17) is 9.97 Å². The van der Waals surface area contributed by atoms with Crippen LogP contribution in [0.25, 0.3) is 99.6 Å². The molecular formula is C59H36N2. The zero-order valence-corrected chi connectivity index (χ0v) is 33.2. The molecule has 0 atom stereocenters. The highest BCUT2D eigenvalue weighted by atomic mass is 14.9. The molecule has 2 nitrogen and oxygen atoms in total. The SMILES string of the molecule is c1ccc(-c2nc(-c3ccc(-c4ccc5cc6c(cc5c4)C4(c5ccccc5-c5ccccc54)c4c-6ccc5ccccc45)cc3)cc(-c3cccc4ccccc34)n2)cc1. The Kier molecular flexibility index (Phi) is 7.26. The van der Waals surface area contributed by atoms with Crippen LogP contribution in [-0.2, 0) is 5.41 Å². The van der Waals surface area contributed by atoms with E-state index < -0.39 is 5.41 Å². The van der Waals surface area contributed by atoms with E-state index in [1.54, 1.807) is 0 Å². The fourth-order valence-electron chi connectivity index (χ4n) is 10.6. The first-order valence-electron chi connectivity index (χ1n) is 21.1. The van der Waals surface area contributed by atoms with Crippen molar-refractivity contribution in [3.05, 3.63) is 241 Å². The molecule has 0 saturated carbocycles. The lowest BCUT2D eigenvalue weighted by atomic mass is 9.69. The van der Waals surface area contributed by atoms with E-state index in [1.165, 1.54) is 88.0 Å². The van der Waals surface area contributed by atoms with Crippen molar-refractivity contribution in [2.75, 3.05) is 0 Å². The molecule has 2 heteroatoms. The van der Waals surface area contributed by atoms with Crippen LogP contribution in [0.2, 0.25) is 0 Å². The zero-order chi connectivity index (χ0) is 40.1. The number of aromatic nitrogens is 2. The molecule has 0 unspecified atom stereocenters. The Labute approximate surface area is 354 Å². The smallest absolute Gasteiger partial charge is 0.160 e. The summed E-state index contributed by atoms with van der Waals surface area (Å²) >= 11 is 0. The Morgan fingerprint density at radius 3 is 1.66 bits per heavy atom. The van der Waals surface area contributed by atoms with E-state index >= 15 is 0 Å². The molecule has 11 aromatic rings. The van der Waals surface area contributed by atoms with Gasteiger partial charge in [0.2, 0.25) is 0 Å². The van der Waals surface area contributed by atoms with Crippen LogP contribution in [0.3, 0.4) is 0 Å². The topological polar surface area (TPSA) is 25.8 Å². The molecule has 0 amide bonds. The van der Waals surface area contributed by atoms with Crippen molar-refractivity contribution in [1.29, 1.82) is 0 Å². The van der Waals surface area contributed by atoms with Gasteiger partial charge >= 0.3 is 0 Å². The molecule has 1 spiro atoms. The quantitative estimate of drug-likeness (QED) is 0.178. The third-order valence-corrected chi connectivity index (χ3v) is 13.3. The molecule has 10 aromatic carbocycles. The van der Waals surface area contributed by atoms with Gasteiger partial charge in [-0.15, -0.1) is 0 Å². The molecule has 1 aromatic heterocycles. The maximum atomic E-state index is 5.15. The average Bonchev–Trinajstić information content (AvgIpc) is 3.80. The summed E-state index contributed by atoms with van der Waals surface area (Å²) in [5.74, 6) is 0.715. The Morgan fingerprint density at radius 2 is 0.869 bits per heavy atom. The maximum absolute atomic E-state index is 5.15. The number of hydrogen-bond acceptors (Lipinski definition) is 2. The summed E-state index contributed by atoms with van der Waals surface area (Å²) in [4.78, 5) is 10.3. The normalized spacial score (nSPS) is 13.0. The molecule has 0 radical (unpaired) electrons. The van der Waals surface area contributed by atoms with Crippen molar-refractivity contribution in [3.8, 4) is 67.3 Å². The highest BCUT2D eigenvalue weighted by Crippen LogP contribution is 2.64. The lowest BCUT2D eigenvalue weighted by Crippen LogP contribution is -2.26. The summed E-state index contributed by atoms with van der Waals surface area (Å²) in [5.41, 5.74) is 17.6. The Bertz CT molecular complexity index is 3530. The van der Waals surface area contributed by atoms with E-state index in [0.717, 1.165) is 28.1 Å². The Balaban J connectivity index is 0.951. The van der Waals surface area contributed by atoms with Crippen LogP contribution in [0.1, 0.15) is 22.3 Å². The molecule has 13 rings (SSSR count). The van der Waals surface area contributed by atoms with Gasteiger partial charge in [-0.2, -0.15) is 0 Å². The highest BCUT2D eigenvalue weighted by molar-refractivity contribution is 6.06. The monoisotopic (exact) mass is 772 g/mol. The lowest BCUT2D eigenvalue weighted by molar-refractivity contribution is 0.802. The standard InChI is InChI=1S/C59H36N2/c1-2-15-41(16-3-1)58-60-55(36-56(61-58)49-22-12-17-38-13-4-6-18-45(38)49)40-27-25-37(26-28-40)42-29-30-43-34-51-50-32-31-39-14-5-7-19-46(39)57(50)59(54(51)35-44(43)33-42)52-23-10-8-20-47(52)48-21-9-11-24-53(48)59/h1-36H. The lowest BCUT2D eigenvalue weighted by Gasteiger charge is -2.31. The van der Waals surface area contributed by atoms with Gasteiger partial charge < -0.3 is 0 Å². The third-order valence-electron chi connectivity index (χ3n) is 13.3. The largest absolute Gasteiger partial charge is 0.228 e. The van der Waals surface area contributed by atoms with Crippen LogP contribution in [0.5, 0.6) is 0 Å². The molecule has 2 aliphatic carbocycles. The molecule has 1 heterocycles. The predicted octanol–water partition coefficient (Wildman–Crippen LogP) is 14.9. The van der Waals surface area contributed by atoms with Gasteiger partial charge in [0.1, 0.15) is 0 Å². The van der Waals surface area contributed by atoms with Crippen molar-refractivity contribution in [3.63, 3.8) is 0 Å². The van der Waals surface area contributed by atoms with Gasteiger partial charge in [-0.3, -0.25) is 0 Å². The molecular weight excluding hydrogens is 737 g/mol. The van der Waals surface area contributed by atoms with Crippen LogP contribution >= 0.6 is 0 Å². The predicted molar refractivity (Wildman–Crippen MR) is 253 cm³/mol. The van der Waals surface area contributed by atoms with Gasteiger partial charge in [0, 0.05) is 16.7 Å². The van der Waals surface area contributed by atoms with Gasteiger partial charge in [-0.05, 0) is 112 Å². The van der Waals surface area contributed by atoms with Crippen molar-refractivity contribution < 1.29 is 0 Å². The highest BCUT2D eigenvalue weighted by Gasteiger charge is 2.52. The number of nitrogens with zero attached hydrogens (tertiary/aromatic N) is 2. The first-order chi connectivity index (χ1) is 30.2. The van der Waals surface area contributed by atoms with E-state index in [9.17, 15) is 0 Å². The van der Waals surface area contributed by atoms with E-state index in [0.29, 0.717) is 5.82 Å². The number of hydrogen-bond donors (Lipinski definition) is 0. The Hall–Kier alpha value is -7.94. The van der Waals surface area contributed by atoms with Gasteiger partial charge in [0.15, 0.2) is 5.82 Å². The van der Waals surface area contributed by atoms with Crippen molar-refractivity contribution in [1.82, 2.24) is 9.97 Å². The summed E-state index contributed by atoms with van der Waals surface area (Å²) in [5, 5.41) is 7.43. The number of rotatable bonds is 4. The fourth-order valence-corrected chi connectivity index (χ4v) is 10.6. The molecule has 0 fully saturated rings. The fraction of sp³-hybridized carbons (Fsp3) is 0.0169. The minimum absolute atomic E-state index is 0.425. The maximum Gasteiger partial charge on any atom is 0.160 e. The minimum atomic E-state index is -0.425. The van der Waals surface area contributed by atoms with Gasteiger partial charge in [-0.1, -0.05) is 194 Å². The summed E-state index contributed by atoms with van der Waals surface area (Å²) in [7, 11) is 0. The van der Waals surface area contributed by atoms with E-state index in [2.05, 4.69) is 200 Å². The zero-order valence-electron chi connectivity index (χ0n) is 33.2. The van der Waals surface area contributed by atoms with Crippen LogP contribution < -0.4 is 0 Å². The first-order valence-corrected chi connectivity index (χ1v) is 21.1. The molecule has 0 saturated heterocycles. The van der Waals surface area contributed by atoms with E-state index in [-0.39, 0.29) is 0 Å². The van der Waals surface area contributed by atoms with Crippen molar-refractivity contribution >= 4 is 32.3 Å². The number of benzene rings is 10. The second-order valence-corrected chi connectivity index (χ2v) is 16.4. The van der Waals surface area contributed by atoms with Crippen LogP contribution in [-0.4, -0.2) is 9.97 Å². The summed E-state index contributed by atoms with van der Waals surface area (Å²) in [6.07, 6.45) is 0. The second-order valence-electron chi connectivity index (χ2n) is 16.4. The average molecular weight is 773 g/mol. The van der Waals surface area contributed by atoms with Gasteiger partial charge in [0.25, 0.3) is 0 Å². The molecule has 0 N–H and O–H groups in total. The molecule has 61 heavy (non-hydrogen) atoms. The molecule has 0 aliphatic heterocycles. The van der Waals surface area contributed by atoms with Crippen molar-refractivity contribution in [2.45, 2.75) is 5.41 Å². The summed E-state index contributed by atoms with van der Waals surface area (Å²) in [6, 6.07) is 79.8. The second kappa shape index (κ2) is 13.0. The first kappa shape index (κ1) is 34.0. The molecule has 2 aliphatic rings. The molecule has 0 bridgehead atoms. The summed E-state index contributed by atoms with van der Waals surface area (Å²) in [6.45, 7) is 0. The van der Waals surface area contributed by atoms with Crippen molar-refractivity contribution in [2.24, 2.45) is 0 Å². The minimum Gasteiger partial charge on any atom is -0.228 e. The van der Waals surface area contributed by atoms with Gasteiger partial charge in [0.05, 0.1) is 16.8 Å². The Morgan fingerprint density at radius 1 is 0.279 bits per heavy atom. The van der Waals surface area contributed by atoms with Gasteiger partial charge in [-0.25, -0.2) is 9.97 Å².